The van der Waals surface area contributed by atoms with E-state index in [2.05, 4.69) is 5.32 Å². The Morgan fingerprint density at radius 1 is 1.25 bits per heavy atom. The number of benzene rings is 1. The normalized spacial score (nSPS) is 11.2. The fourth-order valence-corrected chi connectivity index (χ4v) is 1.41. The van der Waals surface area contributed by atoms with Crippen LogP contribution in [0.4, 0.5) is 18.9 Å². The van der Waals surface area contributed by atoms with E-state index in [0.29, 0.717) is 18.7 Å². The van der Waals surface area contributed by atoms with Crippen LogP contribution in [0.15, 0.2) is 24.3 Å². The van der Waals surface area contributed by atoms with E-state index in [1.54, 1.807) is 11.4 Å². The fourth-order valence-electron chi connectivity index (χ4n) is 1.41. The van der Waals surface area contributed by atoms with Crippen molar-refractivity contribution >= 4 is 17.5 Å². The predicted molar refractivity (Wildman–Crippen MR) is 66.6 cm³/mol. The van der Waals surface area contributed by atoms with Crippen LogP contribution in [0.5, 0.6) is 0 Å². The van der Waals surface area contributed by atoms with E-state index < -0.39 is 18.0 Å². The standard InChI is InChI=1S/C12H14F3N3O2/c13-12(14,15)11(20)18-9-3-1-2-8(6-9)7-17-5-4-10(16)19/h1-3,6,17H,4-5,7H2,(H2,16,19)(H,18,20). The summed E-state index contributed by atoms with van der Waals surface area (Å²) in [5, 5.41) is 4.67. The number of rotatable bonds is 6. The van der Waals surface area contributed by atoms with Crippen LogP contribution >= 0.6 is 0 Å². The SMILES string of the molecule is NC(=O)CCNCc1cccc(NC(=O)C(F)(F)F)c1. The lowest BCUT2D eigenvalue weighted by Gasteiger charge is -2.09. The summed E-state index contributed by atoms with van der Waals surface area (Å²) in [5.74, 6) is -2.46. The third-order valence-corrected chi connectivity index (χ3v) is 2.32. The van der Waals surface area contributed by atoms with Crippen LogP contribution < -0.4 is 16.4 Å². The highest BCUT2D eigenvalue weighted by molar-refractivity contribution is 5.94. The minimum atomic E-state index is -4.92. The van der Waals surface area contributed by atoms with Crippen molar-refractivity contribution in [3.05, 3.63) is 29.8 Å². The van der Waals surface area contributed by atoms with Gasteiger partial charge in [0.05, 0.1) is 0 Å². The zero-order valence-corrected chi connectivity index (χ0v) is 10.5. The Balaban J connectivity index is 2.53. The molecule has 0 saturated carbocycles. The molecule has 0 aliphatic heterocycles. The molecule has 0 aromatic heterocycles. The molecule has 0 spiro atoms. The molecule has 5 nitrogen and oxygen atoms in total. The van der Waals surface area contributed by atoms with Gasteiger partial charge in [-0.15, -0.1) is 0 Å². The highest BCUT2D eigenvalue weighted by Crippen LogP contribution is 2.18. The summed E-state index contributed by atoms with van der Waals surface area (Å²) < 4.78 is 36.3. The first-order chi connectivity index (χ1) is 9.29. The molecule has 4 N–H and O–H groups in total. The zero-order chi connectivity index (χ0) is 15.2. The first-order valence-corrected chi connectivity index (χ1v) is 5.75. The highest BCUT2D eigenvalue weighted by atomic mass is 19.4. The molecule has 0 atom stereocenters. The van der Waals surface area contributed by atoms with Crippen molar-refractivity contribution < 1.29 is 22.8 Å². The van der Waals surface area contributed by atoms with Crippen molar-refractivity contribution in [3.8, 4) is 0 Å². The van der Waals surface area contributed by atoms with Crippen LogP contribution in [-0.4, -0.2) is 24.5 Å². The van der Waals surface area contributed by atoms with Gasteiger partial charge >= 0.3 is 12.1 Å². The fraction of sp³-hybridized carbons (Fsp3) is 0.333. The van der Waals surface area contributed by atoms with Crippen LogP contribution in [0, 0.1) is 0 Å². The van der Waals surface area contributed by atoms with E-state index in [1.165, 1.54) is 18.2 Å². The molecule has 110 valence electrons. The molecule has 1 aromatic carbocycles. The van der Waals surface area contributed by atoms with Gasteiger partial charge in [-0.05, 0) is 17.7 Å². The van der Waals surface area contributed by atoms with Crippen LogP contribution in [0.1, 0.15) is 12.0 Å². The maximum absolute atomic E-state index is 12.1. The quantitative estimate of drug-likeness (QED) is 0.687. The molecule has 0 bridgehead atoms. The topological polar surface area (TPSA) is 84.2 Å². The van der Waals surface area contributed by atoms with Crippen molar-refractivity contribution in [2.45, 2.75) is 19.1 Å². The number of hydrogen-bond donors (Lipinski definition) is 3. The Morgan fingerprint density at radius 3 is 2.55 bits per heavy atom. The number of halogens is 3. The smallest absolute Gasteiger partial charge is 0.370 e. The minimum Gasteiger partial charge on any atom is -0.370 e. The Morgan fingerprint density at radius 2 is 1.95 bits per heavy atom. The predicted octanol–water partition coefficient (Wildman–Crippen LogP) is 1.15. The van der Waals surface area contributed by atoms with Gasteiger partial charge in [0.1, 0.15) is 0 Å². The second-order valence-electron chi connectivity index (χ2n) is 4.05. The molecular formula is C12H14F3N3O2. The van der Waals surface area contributed by atoms with E-state index in [1.807, 2.05) is 0 Å². The molecule has 0 unspecified atom stereocenters. The molecule has 0 heterocycles. The average Bonchev–Trinajstić information content (AvgIpc) is 2.34. The monoisotopic (exact) mass is 289 g/mol. The molecule has 20 heavy (non-hydrogen) atoms. The summed E-state index contributed by atoms with van der Waals surface area (Å²) in [5.41, 5.74) is 5.69. The lowest BCUT2D eigenvalue weighted by atomic mass is 10.2. The maximum Gasteiger partial charge on any atom is 0.471 e. The van der Waals surface area contributed by atoms with Gasteiger partial charge in [0.25, 0.3) is 0 Å². The number of hydrogen-bond acceptors (Lipinski definition) is 3. The van der Waals surface area contributed by atoms with Crippen LogP contribution in [0.2, 0.25) is 0 Å². The number of nitrogens with one attached hydrogen (secondary N) is 2. The summed E-state index contributed by atoms with van der Waals surface area (Å²) in [6.45, 7) is 0.720. The van der Waals surface area contributed by atoms with Crippen molar-refractivity contribution in [2.75, 3.05) is 11.9 Å². The van der Waals surface area contributed by atoms with E-state index in [0.717, 1.165) is 0 Å². The van der Waals surface area contributed by atoms with Gasteiger partial charge in [-0.2, -0.15) is 13.2 Å². The van der Waals surface area contributed by atoms with Gasteiger partial charge in [0.2, 0.25) is 5.91 Å². The maximum atomic E-state index is 12.1. The zero-order valence-electron chi connectivity index (χ0n) is 10.5. The van der Waals surface area contributed by atoms with Crippen molar-refractivity contribution in [3.63, 3.8) is 0 Å². The largest absolute Gasteiger partial charge is 0.471 e. The number of primary amides is 1. The number of anilines is 1. The number of amides is 2. The molecule has 8 heteroatoms. The molecule has 0 radical (unpaired) electrons. The van der Waals surface area contributed by atoms with E-state index in [4.69, 9.17) is 5.73 Å². The van der Waals surface area contributed by atoms with Gasteiger partial charge in [-0.1, -0.05) is 12.1 Å². The Hall–Kier alpha value is -2.09. The lowest BCUT2D eigenvalue weighted by Crippen LogP contribution is -2.30. The van der Waals surface area contributed by atoms with Crippen LogP contribution in [-0.2, 0) is 16.1 Å². The van der Waals surface area contributed by atoms with E-state index in [-0.39, 0.29) is 12.1 Å². The third kappa shape index (κ3) is 5.70. The third-order valence-electron chi connectivity index (χ3n) is 2.32. The Kier molecular flexibility index (Phi) is 5.51. The first-order valence-electron chi connectivity index (χ1n) is 5.75. The van der Waals surface area contributed by atoms with Gasteiger partial charge in [-0.25, -0.2) is 0 Å². The van der Waals surface area contributed by atoms with Gasteiger partial charge < -0.3 is 16.4 Å². The first kappa shape index (κ1) is 16.0. The number of nitrogens with two attached hydrogens (primary N) is 1. The van der Waals surface area contributed by atoms with Gasteiger partial charge in [0.15, 0.2) is 0 Å². The Labute approximate surface area is 113 Å². The second kappa shape index (κ2) is 6.90. The summed E-state index contributed by atoms with van der Waals surface area (Å²) in [7, 11) is 0. The molecule has 0 aliphatic carbocycles. The highest BCUT2D eigenvalue weighted by Gasteiger charge is 2.38. The average molecular weight is 289 g/mol. The molecule has 0 saturated heterocycles. The molecule has 1 rings (SSSR count). The number of carbonyl (C=O) groups excluding carboxylic acids is 2. The van der Waals surface area contributed by atoms with Crippen LogP contribution in [0.3, 0.4) is 0 Å². The Bertz CT molecular complexity index is 489. The molecule has 1 aromatic rings. The summed E-state index contributed by atoms with van der Waals surface area (Å²) in [4.78, 5) is 21.3. The lowest BCUT2D eigenvalue weighted by molar-refractivity contribution is -0.167. The molecule has 2 amide bonds. The second-order valence-corrected chi connectivity index (χ2v) is 4.05. The van der Waals surface area contributed by atoms with E-state index >= 15 is 0 Å². The number of carbonyl (C=O) groups is 2. The summed E-state index contributed by atoms with van der Waals surface area (Å²) >= 11 is 0. The minimum absolute atomic E-state index is 0.0570. The van der Waals surface area contributed by atoms with Crippen molar-refractivity contribution in [1.29, 1.82) is 0 Å². The molecule has 0 aliphatic rings. The van der Waals surface area contributed by atoms with Crippen molar-refractivity contribution in [1.82, 2.24) is 5.32 Å². The van der Waals surface area contributed by atoms with Gasteiger partial charge in [-0.3, -0.25) is 9.59 Å². The number of alkyl halides is 3. The van der Waals surface area contributed by atoms with Crippen molar-refractivity contribution in [2.24, 2.45) is 5.73 Å². The van der Waals surface area contributed by atoms with E-state index in [9.17, 15) is 22.8 Å². The molecular weight excluding hydrogens is 275 g/mol. The summed E-state index contributed by atoms with van der Waals surface area (Å²) in [6.07, 6.45) is -4.75. The van der Waals surface area contributed by atoms with Crippen LogP contribution in [0.25, 0.3) is 0 Å². The van der Waals surface area contributed by atoms with Gasteiger partial charge in [0, 0.05) is 25.2 Å². The molecule has 0 fully saturated rings. The summed E-state index contributed by atoms with van der Waals surface area (Å²) in [6, 6.07) is 5.98.